The van der Waals surface area contributed by atoms with E-state index in [1.165, 1.54) is 22.8 Å². The summed E-state index contributed by atoms with van der Waals surface area (Å²) in [7, 11) is 0. The third-order valence-corrected chi connectivity index (χ3v) is 3.58. The number of halogens is 1. The summed E-state index contributed by atoms with van der Waals surface area (Å²) in [4.78, 5) is 0. The minimum atomic E-state index is -0.193. The maximum absolute atomic E-state index is 13.1. The summed E-state index contributed by atoms with van der Waals surface area (Å²) in [5, 5.41) is 0. The Labute approximate surface area is 114 Å². The zero-order chi connectivity index (χ0) is 14.0. The Morgan fingerprint density at radius 2 is 1.74 bits per heavy atom. The molecular weight excluding hydrogens is 237 g/mol. The van der Waals surface area contributed by atoms with Crippen LogP contribution >= 0.6 is 0 Å². The van der Waals surface area contributed by atoms with Gasteiger partial charge in [-0.3, -0.25) is 0 Å². The summed E-state index contributed by atoms with van der Waals surface area (Å²) in [5.74, 6) is -0.193. The third-order valence-electron chi connectivity index (χ3n) is 3.58. The molecule has 0 heterocycles. The lowest BCUT2D eigenvalue weighted by Crippen LogP contribution is -2.15. The molecule has 0 radical (unpaired) electrons. The molecule has 0 saturated heterocycles. The van der Waals surface area contributed by atoms with Gasteiger partial charge >= 0.3 is 0 Å². The second-order valence-corrected chi connectivity index (χ2v) is 5.24. The van der Waals surface area contributed by atoms with Crippen LogP contribution in [-0.2, 0) is 6.42 Å². The number of benzene rings is 2. The highest BCUT2D eigenvalue weighted by Gasteiger charge is 2.11. The molecule has 0 aromatic heterocycles. The van der Waals surface area contributed by atoms with E-state index in [1.54, 1.807) is 6.07 Å². The van der Waals surface area contributed by atoms with E-state index in [4.69, 9.17) is 5.73 Å². The highest BCUT2D eigenvalue weighted by Crippen LogP contribution is 2.22. The molecule has 2 rings (SSSR count). The lowest BCUT2D eigenvalue weighted by atomic mass is 9.93. The summed E-state index contributed by atoms with van der Waals surface area (Å²) in [6.45, 7) is 6.07. The Morgan fingerprint density at radius 3 is 2.42 bits per heavy atom. The fourth-order valence-corrected chi connectivity index (χ4v) is 2.39. The van der Waals surface area contributed by atoms with E-state index in [-0.39, 0.29) is 11.9 Å². The Balaban J connectivity index is 2.25. The van der Waals surface area contributed by atoms with Crippen LogP contribution in [-0.4, -0.2) is 0 Å². The monoisotopic (exact) mass is 257 g/mol. The minimum Gasteiger partial charge on any atom is -0.324 e. The van der Waals surface area contributed by atoms with E-state index in [2.05, 4.69) is 32.0 Å². The largest absolute Gasteiger partial charge is 0.324 e. The standard InChI is InChI=1S/C17H20FN/c1-11-4-5-12(2)16(8-11)17(19)10-14-6-7-15(18)9-13(14)3/h4-9,17H,10,19H2,1-3H3. The smallest absolute Gasteiger partial charge is 0.123 e. The van der Waals surface area contributed by atoms with Gasteiger partial charge in [0.25, 0.3) is 0 Å². The summed E-state index contributed by atoms with van der Waals surface area (Å²) < 4.78 is 13.1. The summed E-state index contributed by atoms with van der Waals surface area (Å²) in [6, 6.07) is 11.2. The van der Waals surface area contributed by atoms with Gasteiger partial charge in [-0.2, -0.15) is 0 Å². The lowest BCUT2D eigenvalue weighted by Gasteiger charge is -2.17. The molecule has 2 aromatic carbocycles. The summed E-state index contributed by atoms with van der Waals surface area (Å²) in [5.41, 5.74) is 12.0. The van der Waals surface area contributed by atoms with Gasteiger partial charge in [0.2, 0.25) is 0 Å². The second-order valence-electron chi connectivity index (χ2n) is 5.24. The van der Waals surface area contributed by atoms with Crippen molar-refractivity contribution in [3.05, 3.63) is 70.0 Å². The predicted molar refractivity (Wildman–Crippen MR) is 77.7 cm³/mol. The van der Waals surface area contributed by atoms with Crippen molar-refractivity contribution in [2.45, 2.75) is 33.2 Å². The van der Waals surface area contributed by atoms with Crippen LogP contribution in [0, 0.1) is 26.6 Å². The van der Waals surface area contributed by atoms with Gasteiger partial charge in [-0.05, 0) is 61.6 Å². The van der Waals surface area contributed by atoms with E-state index in [0.717, 1.165) is 17.5 Å². The molecule has 100 valence electrons. The Hall–Kier alpha value is -1.67. The molecule has 2 N–H and O–H groups in total. The molecule has 0 bridgehead atoms. The van der Waals surface area contributed by atoms with Crippen LogP contribution in [0.3, 0.4) is 0 Å². The van der Waals surface area contributed by atoms with Crippen molar-refractivity contribution in [2.75, 3.05) is 0 Å². The first-order valence-corrected chi connectivity index (χ1v) is 6.55. The van der Waals surface area contributed by atoms with Gasteiger partial charge < -0.3 is 5.73 Å². The molecule has 0 spiro atoms. The lowest BCUT2D eigenvalue weighted by molar-refractivity contribution is 0.623. The Bertz CT molecular complexity index is 590. The van der Waals surface area contributed by atoms with Gasteiger partial charge in [0.05, 0.1) is 0 Å². The average molecular weight is 257 g/mol. The first-order chi connectivity index (χ1) is 8.97. The number of aryl methyl sites for hydroxylation is 3. The maximum Gasteiger partial charge on any atom is 0.123 e. The van der Waals surface area contributed by atoms with Crippen LogP contribution in [0.4, 0.5) is 4.39 Å². The molecule has 0 fully saturated rings. The van der Waals surface area contributed by atoms with Gasteiger partial charge in [-0.15, -0.1) is 0 Å². The van der Waals surface area contributed by atoms with E-state index < -0.39 is 0 Å². The first kappa shape index (κ1) is 13.8. The van der Waals surface area contributed by atoms with E-state index in [9.17, 15) is 4.39 Å². The quantitative estimate of drug-likeness (QED) is 0.884. The van der Waals surface area contributed by atoms with Gasteiger partial charge in [-0.1, -0.05) is 29.8 Å². The minimum absolute atomic E-state index is 0.0518. The van der Waals surface area contributed by atoms with Gasteiger partial charge in [0, 0.05) is 6.04 Å². The molecule has 1 atom stereocenters. The van der Waals surface area contributed by atoms with Crippen LogP contribution in [0.15, 0.2) is 36.4 Å². The average Bonchev–Trinajstić information content (AvgIpc) is 2.35. The fraction of sp³-hybridized carbons (Fsp3) is 0.294. The molecule has 2 heteroatoms. The zero-order valence-electron chi connectivity index (χ0n) is 11.7. The SMILES string of the molecule is Cc1ccc(C)c(C(N)Cc2ccc(F)cc2C)c1. The van der Waals surface area contributed by atoms with E-state index >= 15 is 0 Å². The summed E-state index contributed by atoms with van der Waals surface area (Å²) >= 11 is 0. The predicted octanol–water partition coefficient (Wildman–Crippen LogP) is 3.99. The van der Waals surface area contributed by atoms with Gasteiger partial charge in [0.15, 0.2) is 0 Å². The normalized spacial score (nSPS) is 12.5. The molecule has 1 unspecified atom stereocenters. The van der Waals surface area contributed by atoms with E-state index in [0.29, 0.717) is 0 Å². The molecule has 0 amide bonds. The van der Waals surface area contributed by atoms with Crippen molar-refractivity contribution in [1.82, 2.24) is 0 Å². The highest BCUT2D eigenvalue weighted by molar-refractivity contribution is 5.35. The number of rotatable bonds is 3. The fourth-order valence-electron chi connectivity index (χ4n) is 2.39. The van der Waals surface area contributed by atoms with Crippen molar-refractivity contribution in [1.29, 1.82) is 0 Å². The molecular formula is C17H20FN. The third kappa shape index (κ3) is 3.21. The molecule has 0 aliphatic heterocycles. The van der Waals surface area contributed by atoms with Gasteiger partial charge in [-0.25, -0.2) is 4.39 Å². The molecule has 0 saturated carbocycles. The van der Waals surface area contributed by atoms with Crippen LogP contribution in [0.25, 0.3) is 0 Å². The van der Waals surface area contributed by atoms with Crippen LogP contribution in [0.1, 0.15) is 33.9 Å². The molecule has 2 aromatic rings. The van der Waals surface area contributed by atoms with Crippen molar-refractivity contribution in [3.8, 4) is 0 Å². The van der Waals surface area contributed by atoms with Crippen LogP contribution in [0.5, 0.6) is 0 Å². The molecule has 0 aliphatic rings. The van der Waals surface area contributed by atoms with Crippen molar-refractivity contribution < 1.29 is 4.39 Å². The highest BCUT2D eigenvalue weighted by atomic mass is 19.1. The number of hydrogen-bond donors (Lipinski definition) is 1. The second kappa shape index (κ2) is 5.54. The van der Waals surface area contributed by atoms with Crippen molar-refractivity contribution in [2.24, 2.45) is 5.73 Å². The first-order valence-electron chi connectivity index (χ1n) is 6.55. The number of nitrogens with two attached hydrogens (primary N) is 1. The molecule has 0 aliphatic carbocycles. The molecule has 1 nitrogen and oxygen atoms in total. The van der Waals surface area contributed by atoms with Crippen LogP contribution in [0.2, 0.25) is 0 Å². The Morgan fingerprint density at radius 1 is 1.00 bits per heavy atom. The van der Waals surface area contributed by atoms with E-state index in [1.807, 2.05) is 13.0 Å². The Kier molecular flexibility index (Phi) is 4.01. The van der Waals surface area contributed by atoms with Crippen molar-refractivity contribution in [3.63, 3.8) is 0 Å². The number of hydrogen-bond acceptors (Lipinski definition) is 1. The van der Waals surface area contributed by atoms with Crippen molar-refractivity contribution >= 4 is 0 Å². The zero-order valence-corrected chi connectivity index (χ0v) is 11.7. The molecule has 19 heavy (non-hydrogen) atoms. The van der Waals surface area contributed by atoms with Gasteiger partial charge in [0.1, 0.15) is 5.82 Å². The summed E-state index contributed by atoms with van der Waals surface area (Å²) in [6.07, 6.45) is 0.733. The van der Waals surface area contributed by atoms with Crippen LogP contribution < -0.4 is 5.73 Å². The topological polar surface area (TPSA) is 26.0 Å². The maximum atomic E-state index is 13.1.